The highest BCUT2D eigenvalue weighted by atomic mass is 79.9. The Labute approximate surface area is 124 Å². The number of rotatable bonds is 3. The molecule has 0 unspecified atom stereocenters. The molecule has 0 fully saturated rings. The van der Waals surface area contributed by atoms with E-state index < -0.39 is 5.97 Å². The molecule has 0 amide bonds. The van der Waals surface area contributed by atoms with Crippen LogP contribution in [0.1, 0.15) is 11.1 Å². The molecule has 0 aliphatic carbocycles. The molecule has 0 aliphatic heterocycles. The Bertz CT molecular complexity index is 715. The second-order valence-electron chi connectivity index (χ2n) is 4.03. The van der Waals surface area contributed by atoms with E-state index in [4.69, 9.17) is 5.39 Å². The van der Waals surface area contributed by atoms with E-state index in [1.165, 1.54) is 6.08 Å². The van der Waals surface area contributed by atoms with Gasteiger partial charge in [-0.15, -0.1) is 0 Å². The van der Waals surface area contributed by atoms with E-state index >= 15 is 0 Å². The number of benzene rings is 2. The standard InChI is InChI=1S/C15H9BrN2O2/c16-12-7-5-10(6-8-12)13(15(19)20)9-11-3-1-2-4-14(11)18-17/h1-9H/p+1/b13-9+. The predicted octanol–water partition coefficient (Wildman–Crippen LogP) is 4.56. The fourth-order valence-corrected chi connectivity index (χ4v) is 2.02. The lowest BCUT2D eigenvalue weighted by Crippen LogP contribution is -1.99. The monoisotopic (exact) mass is 329 g/mol. The Morgan fingerprint density at radius 2 is 1.80 bits per heavy atom. The van der Waals surface area contributed by atoms with Crippen molar-refractivity contribution in [3.8, 4) is 0 Å². The highest BCUT2D eigenvalue weighted by Crippen LogP contribution is 2.26. The number of carboxylic acids is 1. The molecule has 0 heterocycles. The average Bonchev–Trinajstić information content (AvgIpc) is 2.46. The van der Waals surface area contributed by atoms with Gasteiger partial charge in [-0.05, 0) is 29.8 Å². The zero-order valence-corrected chi connectivity index (χ0v) is 11.9. The Hall–Kier alpha value is -2.45. The lowest BCUT2D eigenvalue weighted by molar-refractivity contribution is -0.130. The summed E-state index contributed by atoms with van der Waals surface area (Å²) >= 11 is 3.31. The molecule has 2 rings (SSSR count). The highest BCUT2D eigenvalue weighted by molar-refractivity contribution is 9.10. The van der Waals surface area contributed by atoms with Crippen LogP contribution < -0.4 is 0 Å². The first-order chi connectivity index (χ1) is 9.61. The summed E-state index contributed by atoms with van der Waals surface area (Å²) in [5.41, 5.74) is 1.57. The number of hydrogen-bond donors (Lipinski definition) is 1. The molecule has 4 nitrogen and oxygen atoms in total. The zero-order valence-electron chi connectivity index (χ0n) is 10.3. The van der Waals surface area contributed by atoms with Crippen LogP contribution in [0.4, 0.5) is 5.69 Å². The van der Waals surface area contributed by atoms with Gasteiger partial charge in [0.25, 0.3) is 0 Å². The molecule has 0 aromatic heterocycles. The number of carboxylic acid groups (broad SMARTS) is 1. The molecule has 0 radical (unpaired) electrons. The van der Waals surface area contributed by atoms with Crippen LogP contribution in [-0.4, -0.2) is 11.1 Å². The Morgan fingerprint density at radius 1 is 1.15 bits per heavy atom. The summed E-state index contributed by atoms with van der Waals surface area (Å²) in [7, 11) is 0. The lowest BCUT2D eigenvalue weighted by atomic mass is 10.0. The Morgan fingerprint density at radius 3 is 2.40 bits per heavy atom. The van der Waals surface area contributed by atoms with Crippen LogP contribution >= 0.6 is 15.9 Å². The summed E-state index contributed by atoms with van der Waals surface area (Å²) in [6.07, 6.45) is 1.49. The van der Waals surface area contributed by atoms with Crippen molar-refractivity contribution in [1.29, 1.82) is 5.39 Å². The van der Waals surface area contributed by atoms with Crippen LogP contribution in [-0.2, 0) is 4.79 Å². The van der Waals surface area contributed by atoms with Crippen molar-refractivity contribution >= 4 is 39.2 Å². The van der Waals surface area contributed by atoms with Gasteiger partial charge in [-0.3, -0.25) is 0 Å². The average molecular weight is 330 g/mol. The molecule has 0 bridgehead atoms. The summed E-state index contributed by atoms with van der Waals surface area (Å²) in [5, 5.41) is 18.3. The topological polar surface area (TPSA) is 65.5 Å². The predicted molar refractivity (Wildman–Crippen MR) is 80.8 cm³/mol. The smallest absolute Gasteiger partial charge is 0.392 e. The third-order valence-corrected chi connectivity index (χ3v) is 3.26. The van der Waals surface area contributed by atoms with Crippen molar-refractivity contribution in [3.63, 3.8) is 0 Å². The molecule has 20 heavy (non-hydrogen) atoms. The van der Waals surface area contributed by atoms with E-state index in [9.17, 15) is 9.90 Å². The number of nitrogens with zero attached hydrogens (tertiary/aromatic N) is 2. The second-order valence-corrected chi connectivity index (χ2v) is 4.94. The van der Waals surface area contributed by atoms with Gasteiger partial charge in [0.05, 0.1) is 11.1 Å². The summed E-state index contributed by atoms with van der Waals surface area (Å²) in [6, 6.07) is 13.7. The van der Waals surface area contributed by atoms with Crippen LogP contribution in [0, 0.1) is 5.39 Å². The molecule has 0 saturated carbocycles. The molecule has 98 valence electrons. The first-order valence-electron chi connectivity index (χ1n) is 5.77. The number of carbonyl (C=O) groups is 1. The maximum atomic E-state index is 11.4. The van der Waals surface area contributed by atoms with E-state index in [-0.39, 0.29) is 5.57 Å². The van der Waals surface area contributed by atoms with Crippen molar-refractivity contribution in [2.75, 3.05) is 0 Å². The minimum atomic E-state index is -1.04. The maximum Gasteiger partial charge on any atom is 0.392 e. The summed E-state index contributed by atoms with van der Waals surface area (Å²) in [5.74, 6) is -1.04. The van der Waals surface area contributed by atoms with Crippen LogP contribution in [0.3, 0.4) is 0 Å². The van der Waals surface area contributed by atoms with Crippen LogP contribution in [0.5, 0.6) is 0 Å². The van der Waals surface area contributed by atoms with Gasteiger partial charge in [0.15, 0.2) is 4.98 Å². The second kappa shape index (κ2) is 6.13. The van der Waals surface area contributed by atoms with Gasteiger partial charge in [0.2, 0.25) is 5.39 Å². The quantitative estimate of drug-likeness (QED) is 0.510. The summed E-state index contributed by atoms with van der Waals surface area (Å²) in [6.45, 7) is 0. The first-order valence-corrected chi connectivity index (χ1v) is 6.56. The van der Waals surface area contributed by atoms with Gasteiger partial charge < -0.3 is 5.11 Å². The fraction of sp³-hybridized carbons (Fsp3) is 0. The zero-order chi connectivity index (χ0) is 14.5. The molecular weight excluding hydrogens is 320 g/mol. The van der Waals surface area contributed by atoms with E-state index in [0.717, 1.165) is 4.47 Å². The summed E-state index contributed by atoms with van der Waals surface area (Å²) in [4.78, 5) is 14.6. The van der Waals surface area contributed by atoms with Crippen LogP contribution in [0.2, 0.25) is 0 Å². The molecule has 2 aromatic carbocycles. The molecule has 0 saturated heterocycles. The molecule has 0 aliphatic rings. The minimum Gasteiger partial charge on any atom is -0.478 e. The SMILES string of the molecule is N#[N+]c1ccccc1/C=C(/C(=O)O)c1ccc(Br)cc1. The molecule has 1 N–H and O–H groups in total. The van der Waals surface area contributed by atoms with Crippen molar-refractivity contribution in [3.05, 3.63) is 69.1 Å². The van der Waals surface area contributed by atoms with Gasteiger partial charge in [-0.1, -0.05) is 40.2 Å². The number of hydrogen-bond acceptors (Lipinski definition) is 2. The Kier molecular flexibility index (Phi) is 4.28. The number of diazo groups is 1. The van der Waals surface area contributed by atoms with Crippen molar-refractivity contribution < 1.29 is 9.90 Å². The van der Waals surface area contributed by atoms with E-state index in [1.54, 1.807) is 48.5 Å². The van der Waals surface area contributed by atoms with Gasteiger partial charge in [-0.2, -0.15) is 0 Å². The summed E-state index contributed by atoms with van der Waals surface area (Å²) < 4.78 is 0.872. The third kappa shape index (κ3) is 3.11. The van der Waals surface area contributed by atoms with Gasteiger partial charge in [0, 0.05) is 10.5 Å². The van der Waals surface area contributed by atoms with Crippen molar-refractivity contribution in [1.82, 2.24) is 0 Å². The van der Waals surface area contributed by atoms with E-state index in [0.29, 0.717) is 16.8 Å². The molecular formula is C15H10BrN2O2+. The van der Waals surface area contributed by atoms with E-state index in [1.807, 2.05) is 0 Å². The normalized spacial score (nSPS) is 10.9. The largest absolute Gasteiger partial charge is 0.478 e. The van der Waals surface area contributed by atoms with Crippen LogP contribution in [0.15, 0.2) is 53.0 Å². The van der Waals surface area contributed by atoms with Gasteiger partial charge in [-0.25, -0.2) is 4.79 Å². The van der Waals surface area contributed by atoms with Gasteiger partial charge >= 0.3 is 11.7 Å². The molecule has 0 atom stereocenters. The number of halogens is 1. The fourth-order valence-electron chi connectivity index (χ4n) is 1.75. The highest BCUT2D eigenvalue weighted by Gasteiger charge is 2.15. The molecule has 0 spiro atoms. The molecule has 2 aromatic rings. The van der Waals surface area contributed by atoms with E-state index in [2.05, 4.69) is 20.9 Å². The lowest BCUT2D eigenvalue weighted by Gasteiger charge is -2.02. The first kappa shape index (κ1) is 14.0. The van der Waals surface area contributed by atoms with Crippen LogP contribution in [0.25, 0.3) is 16.6 Å². The Balaban J connectivity index is 2.54. The third-order valence-electron chi connectivity index (χ3n) is 2.73. The number of aliphatic carboxylic acids is 1. The van der Waals surface area contributed by atoms with Gasteiger partial charge in [0.1, 0.15) is 0 Å². The minimum absolute atomic E-state index is 0.133. The van der Waals surface area contributed by atoms with Crippen molar-refractivity contribution in [2.45, 2.75) is 0 Å². The molecule has 5 heteroatoms. The maximum absolute atomic E-state index is 11.4. The van der Waals surface area contributed by atoms with Crippen molar-refractivity contribution in [2.24, 2.45) is 0 Å².